The van der Waals surface area contributed by atoms with E-state index in [1.165, 1.54) is 11.1 Å². The monoisotopic (exact) mass is 555 g/mol. The predicted molar refractivity (Wildman–Crippen MR) is 159 cm³/mol. The molecule has 1 aromatic heterocycles. The van der Waals surface area contributed by atoms with Gasteiger partial charge in [0, 0.05) is 28.8 Å². The highest BCUT2D eigenvalue weighted by Crippen LogP contribution is 2.42. The van der Waals surface area contributed by atoms with Crippen LogP contribution in [0.5, 0.6) is 11.5 Å². The Balaban J connectivity index is 1.54. The number of benzene rings is 3. The van der Waals surface area contributed by atoms with E-state index in [0.29, 0.717) is 28.3 Å². The molecule has 0 saturated heterocycles. The summed E-state index contributed by atoms with van der Waals surface area (Å²) in [6.07, 6.45) is 0. The van der Waals surface area contributed by atoms with Gasteiger partial charge >= 0.3 is 0 Å². The minimum atomic E-state index is -0.646. The number of amides is 1. The first-order chi connectivity index (χ1) is 19.3. The van der Waals surface area contributed by atoms with E-state index in [4.69, 9.17) is 24.5 Å². The second kappa shape index (κ2) is 11.6. The third-order valence-electron chi connectivity index (χ3n) is 7.03. The summed E-state index contributed by atoms with van der Waals surface area (Å²) >= 11 is 1.54. The molecule has 1 aliphatic rings. The molecular weight excluding hydrogens is 522 g/mol. The van der Waals surface area contributed by atoms with E-state index in [1.807, 2.05) is 51.1 Å². The molecule has 2 unspecified atom stereocenters. The van der Waals surface area contributed by atoms with Crippen molar-refractivity contribution in [3.05, 3.63) is 88.5 Å². The van der Waals surface area contributed by atoms with Crippen LogP contribution >= 0.6 is 11.8 Å². The lowest BCUT2D eigenvalue weighted by atomic mass is 9.87. The molecule has 40 heavy (non-hydrogen) atoms. The number of methoxy groups -OCH3 is 2. The Bertz CT molecular complexity index is 1600. The molecule has 1 aliphatic heterocycles. The van der Waals surface area contributed by atoms with Crippen LogP contribution in [0.1, 0.15) is 40.8 Å². The number of aromatic nitrogens is 3. The van der Waals surface area contributed by atoms with Gasteiger partial charge in [-0.25, -0.2) is 9.67 Å². The molecule has 0 spiro atoms. The molecule has 2 atom stereocenters. The van der Waals surface area contributed by atoms with Crippen molar-refractivity contribution in [1.82, 2.24) is 14.8 Å². The van der Waals surface area contributed by atoms with Gasteiger partial charge in [0.1, 0.15) is 23.5 Å². The van der Waals surface area contributed by atoms with Crippen molar-refractivity contribution in [3.8, 4) is 11.5 Å². The Morgan fingerprint density at radius 2 is 1.77 bits per heavy atom. The maximum Gasteiger partial charge on any atom is 0.249 e. The van der Waals surface area contributed by atoms with Gasteiger partial charge in [-0.3, -0.25) is 4.79 Å². The molecule has 0 bridgehead atoms. The molecule has 5 rings (SSSR count). The second-order valence-corrected chi connectivity index (χ2v) is 11.0. The number of aliphatic imine (C=N–C) groups is 1. The van der Waals surface area contributed by atoms with E-state index in [-0.39, 0.29) is 5.91 Å². The number of nitrogens with one attached hydrogen (secondary N) is 1. The van der Waals surface area contributed by atoms with E-state index in [0.717, 1.165) is 28.1 Å². The first-order valence-corrected chi connectivity index (χ1v) is 14.1. The van der Waals surface area contributed by atoms with Gasteiger partial charge in [-0.2, -0.15) is 4.98 Å². The van der Waals surface area contributed by atoms with Crippen molar-refractivity contribution < 1.29 is 14.3 Å². The van der Waals surface area contributed by atoms with E-state index >= 15 is 0 Å². The van der Waals surface area contributed by atoms with Crippen molar-refractivity contribution in [2.24, 2.45) is 10.9 Å². The minimum absolute atomic E-state index is 0.175. The average Bonchev–Trinajstić information content (AvgIpc) is 3.34. The summed E-state index contributed by atoms with van der Waals surface area (Å²) in [6.45, 7) is 7.97. The maximum atomic E-state index is 14.0. The molecule has 9 heteroatoms. The minimum Gasteiger partial charge on any atom is -0.497 e. The van der Waals surface area contributed by atoms with Crippen LogP contribution in [0.15, 0.2) is 70.8 Å². The van der Waals surface area contributed by atoms with Crippen molar-refractivity contribution in [1.29, 1.82) is 0 Å². The Hall–Kier alpha value is -4.11. The summed E-state index contributed by atoms with van der Waals surface area (Å²) in [5.41, 5.74) is 6.74. The number of hydrogen-bond acceptors (Lipinski definition) is 7. The standard InChI is InChI=1S/C31H33N5O3S/c1-18-8-7-9-22(15-18)17-40-31-34-30-32-21(4)27(29(37)33-25-13-10-19(2)14-20(25)3)28(36(30)35-31)24-12-11-23(38-5)16-26(24)39-6/h7-16,27-28H,17H2,1-6H3,(H,33,37). The summed E-state index contributed by atoms with van der Waals surface area (Å²) in [7, 11) is 3.22. The van der Waals surface area contributed by atoms with Gasteiger partial charge in [0.05, 0.1) is 14.2 Å². The number of hydrogen-bond donors (Lipinski definition) is 1. The van der Waals surface area contributed by atoms with Crippen molar-refractivity contribution >= 4 is 35.0 Å². The third-order valence-corrected chi connectivity index (χ3v) is 7.94. The molecule has 8 nitrogen and oxygen atoms in total. The zero-order chi connectivity index (χ0) is 28.4. The highest BCUT2D eigenvalue weighted by atomic mass is 32.2. The summed E-state index contributed by atoms with van der Waals surface area (Å²) in [5, 5.41) is 8.59. The number of aryl methyl sites for hydroxylation is 3. The molecule has 2 heterocycles. The maximum absolute atomic E-state index is 14.0. The number of carbonyl (C=O) groups is 1. The lowest BCUT2D eigenvalue weighted by molar-refractivity contribution is -0.118. The largest absolute Gasteiger partial charge is 0.497 e. The Kier molecular flexibility index (Phi) is 7.93. The number of ether oxygens (including phenoxy) is 2. The number of nitrogens with zero attached hydrogens (tertiary/aromatic N) is 4. The van der Waals surface area contributed by atoms with E-state index in [9.17, 15) is 4.79 Å². The summed E-state index contributed by atoms with van der Waals surface area (Å²) in [6, 6.07) is 19.4. The van der Waals surface area contributed by atoms with Gasteiger partial charge in [-0.15, -0.1) is 5.10 Å². The number of carbonyl (C=O) groups excluding carboxylic acids is 1. The summed E-state index contributed by atoms with van der Waals surface area (Å²) in [5.74, 6) is 1.62. The SMILES string of the molecule is COc1ccc(C2C(C(=O)Nc3ccc(C)cc3C)C(C)=Nc3nc(SCc4cccc(C)c4)nn32)c(OC)c1. The first-order valence-electron chi connectivity index (χ1n) is 13.1. The number of thioether (sulfide) groups is 1. The molecule has 0 aliphatic carbocycles. The average molecular weight is 556 g/mol. The Morgan fingerprint density at radius 3 is 2.50 bits per heavy atom. The number of anilines is 1. The van der Waals surface area contributed by atoms with Crippen LogP contribution in [0.3, 0.4) is 0 Å². The van der Waals surface area contributed by atoms with Crippen molar-refractivity contribution in [2.75, 3.05) is 19.5 Å². The van der Waals surface area contributed by atoms with Crippen LogP contribution in [0.25, 0.3) is 0 Å². The molecule has 4 aromatic rings. The quantitative estimate of drug-likeness (QED) is 0.251. The van der Waals surface area contributed by atoms with Crippen LogP contribution in [0.2, 0.25) is 0 Å². The number of rotatable bonds is 8. The molecule has 206 valence electrons. The molecule has 0 radical (unpaired) electrons. The third kappa shape index (κ3) is 5.60. The van der Waals surface area contributed by atoms with Gasteiger partial charge < -0.3 is 14.8 Å². The normalized spacial score (nSPS) is 16.2. The van der Waals surface area contributed by atoms with E-state index in [2.05, 4.69) is 42.6 Å². The van der Waals surface area contributed by atoms with E-state index in [1.54, 1.807) is 30.7 Å². The second-order valence-electron chi connectivity index (χ2n) is 10.0. The van der Waals surface area contributed by atoms with Crippen molar-refractivity contribution in [2.45, 2.75) is 44.6 Å². The molecule has 3 aromatic carbocycles. The number of fused-ring (bicyclic) bond motifs is 1. The van der Waals surface area contributed by atoms with Crippen molar-refractivity contribution in [3.63, 3.8) is 0 Å². The van der Waals surface area contributed by atoms with E-state index < -0.39 is 12.0 Å². The molecule has 0 fully saturated rings. The first kappa shape index (κ1) is 27.5. The van der Waals surface area contributed by atoms with Crippen LogP contribution < -0.4 is 14.8 Å². The zero-order valence-corrected chi connectivity index (χ0v) is 24.4. The fraction of sp³-hybridized carbons (Fsp3) is 0.290. The highest BCUT2D eigenvalue weighted by molar-refractivity contribution is 7.98. The van der Waals surface area contributed by atoms with Gasteiger partial charge in [0.25, 0.3) is 0 Å². The van der Waals surface area contributed by atoms with Gasteiger partial charge in [-0.1, -0.05) is 59.3 Å². The smallest absolute Gasteiger partial charge is 0.249 e. The summed E-state index contributed by atoms with van der Waals surface area (Å²) < 4.78 is 13.0. The predicted octanol–water partition coefficient (Wildman–Crippen LogP) is 6.46. The van der Waals surface area contributed by atoms with Gasteiger partial charge in [0.2, 0.25) is 17.0 Å². The lowest BCUT2D eigenvalue weighted by Gasteiger charge is -2.31. The fourth-order valence-electron chi connectivity index (χ4n) is 5.04. The molecule has 1 amide bonds. The van der Waals surface area contributed by atoms with Crippen LogP contribution in [-0.4, -0.2) is 40.6 Å². The zero-order valence-electron chi connectivity index (χ0n) is 23.6. The van der Waals surface area contributed by atoms with Gasteiger partial charge in [-0.05, 0) is 57.0 Å². The molecule has 1 N–H and O–H groups in total. The van der Waals surface area contributed by atoms with Crippen LogP contribution in [0.4, 0.5) is 11.6 Å². The van der Waals surface area contributed by atoms with Crippen LogP contribution in [0, 0.1) is 26.7 Å². The molecule has 0 saturated carbocycles. The fourth-order valence-corrected chi connectivity index (χ4v) is 5.81. The topological polar surface area (TPSA) is 90.6 Å². The Labute approximate surface area is 238 Å². The summed E-state index contributed by atoms with van der Waals surface area (Å²) in [4.78, 5) is 23.4. The lowest BCUT2D eigenvalue weighted by Crippen LogP contribution is -2.39. The van der Waals surface area contributed by atoms with Gasteiger partial charge in [0.15, 0.2) is 0 Å². The van der Waals surface area contributed by atoms with Crippen LogP contribution in [-0.2, 0) is 10.5 Å². The molecular formula is C31H33N5O3S. The Morgan fingerprint density at radius 1 is 0.975 bits per heavy atom. The highest BCUT2D eigenvalue weighted by Gasteiger charge is 2.41.